The molecule has 18 heavy (non-hydrogen) atoms. The molecule has 0 amide bonds. The van der Waals surface area contributed by atoms with Crippen molar-refractivity contribution in [3.05, 3.63) is 0 Å². The zero-order valence-corrected chi connectivity index (χ0v) is 11.8. The molecule has 0 bridgehead atoms. The number of rotatable bonds is 8. The van der Waals surface area contributed by atoms with E-state index in [9.17, 15) is 5.11 Å². The van der Waals surface area contributed by atoms with E-state index in [2.05, 4.69) is 12.2 Å². The molecule has 2 rings (SSSR count). The Morgan fingerprint density at radius 3 is 2.67 bits per heavy atom. The van der Waals surface area contributed by atoms with Gasteiger partial charge < -0.3 is 15.2 Å². The van der Waals surface area contributed by atoms with Gasteiger partial charge in [-0.3, -0.25) is 0 Å². The summed E-state index contributed by atoms with van der Waals surface area (Å²) in [5.41, 5.74) is 0.451. The molecule has 2 N–H and O–H groups in total. The second-order valence-electron chi connectivity index (χ2n) is 6.64. The lowest BCUT2D eigenvalue weighted by Crippen LogP contribution is -2.38. The van der Waals surface area contributed by atoms with Crippen LogP contribution in [0.4, 0.5) is 0 Å². The summed E-state index contributed by atoms with van der Waals surface area (Å²) in [6, 6.07) is 0. The third-order valence-corrected chi connectivity index (χ3v) is 4.35. The minimum Gasteiger partial charge on any atom is -0.389 e. The second-order valence-corrected chi connectivity index (χ2v) is 6.64. The van der Waals surface area contributed by atoms with Crippen molar-refractivity contribution < 1.29 is 9.84 Å². The van der Waals surface area contributed by atoms with E-state index in [1.54, 1.807) is 0 Å². The number of hydrogen-bond donors (Lipinski definition) is 2. The van der Waals surface area contributed by atoms with E-state index >= 15 is 0 Å². The van der Waals surface area contributed by atoms with Crippen LogP contribution in [-0.2, 0) is 4.74 Å². The number of aliphatic hydroxyl groups excluding tert-OH is 1. The molecule has 0 radical (unpaired) electrons. The van der Waals surface area contributed by atoms with Gasteiger partial charge in [0.1, 0.15) is 0 Å². The van der Waals surface area contributed by atoms with Crippen molar-refractivity contribution in [1.29, 1.82) is 0 Å². The Bertz CT molecular complexity index is 235. The van der Waals surface area contributed by atoms with Crippen molar-refractivity contribution in [1.82, 2.24) is 5.32 Å². The molecule has 2 saturated carbocycles. The first-order valence-electron chi connectivity index (χ1n) is 7.64. The first-order chi connectivity index (χ1) is 8.68. The van der Waals surface area contributed by atoms with Crippen LogP contribution in [0.3, 0.4) is 0 Å². The monoisotopic (exact) mass is 255 g/mol. The molecule has 0 heterocycles. The predicted molar refractivity (Wildman–Crippen MR) is 73.6 cm³/mol. The summed E-state index contributed by atoms with van der Waals surface area (Å²) in [6.45, 7) is 5.40. The van der Waals surface area contributed by atoms with Gasteiger partial charge in [0.2, 0.25) is 0 Å². The molecule has 0 aromatic rings. The van der Waals surface area contributed by atoms with Crippen LogP contribution in [0.2, 0.25) is 0 Å². The SMILES string of the molecule is CC1(CNCC(O)COCC2CC2)CCCCC1. The minimum absolute atomic E-state index is 0.351. The third-order valence-electron chi connectivity index (χ3n) is 4.35. The van der Waals surface area contributed by atoms with Crippen LogP contribution in [0.25, 0.3) is 0 Å². The van der Waals surface area contributed by atoms with E-state index in [1.807, 2.05) is 0 Å². The standard InChI is InChI=1S/C15H29NO2/c1-15(7-3-2-4-8-15)12-16-9-14(17)11-18-10-13-5-6-13/h13-14,16-17H,2-12H2,1H3. The summed E-state index contributed by atoms with van der Waals surface area (Å²) < 4.78 is 5.50. The van der Waals surface area contributed by atoms with E-state index < -0.39 is 0 Å². The molecule has 0 aromatic heterocycles. The smallest absolute Gasteiger partial charge is 0.0897 e. The van der Waals surface area contributed by atoms with Crippen LogP contribution in [-0.4, -0.2) is 37.5 Å². The highest BCUT2D eigenvalue weighted by atomic mass is 16.5. The third kappa shape index (κ3) is 5.25. The highest BCUT2D eigenvalue weighted by Crippen LogP contribution is 2.34. The van der Waals surface area contributed by atoms with Gasteiger partial charge in [-0.1, -0.05) is 26.2 Å². The van der Waals surface area contributed by atoms with E-state index in [-0.39, 0.29) is 6.10 Å². The molecular weight excluding hydrogens is 226 g/mol. The fourth-order valence-corrected chi connectivity index (χ4v) is 2.84. The Morgan fingerprint density at radius 1 is 1.28 bits per heavy atom. The second kappa shape index (κ2) is 6.88. The molecule has 2 aliphatic carbocycles. The quantitative estimate of drug-likeness (QED) is 0.699. The lowest BCUT2D eigenvalue weighted by Gasteiger charge is -2.34. The predicted octanol–water partition coefficient (Wildman–Crippen LogP) is 2.33. The molecule has 0 spiro atoms. The number of ether oxygens (including phenoxy) is 1. The van der Waals surface area contributed by atoms with Gasteiger partial charge in [-0.25, -0.2) is 0 Å². The van der Waals surface area contributed by atoms with Crippen LogP contribution < -0.4 is 5.32 Å². The van der Waals surface area contributed by atoms with Crippen LogP contribution in [0, 0.1) is 11.3 Å². The van der Waals surface area contributed by atoms with E-state index in [1.165, 1.54) is 44.9 Å². The Kier molecular flexibility index (Phi) is 5.46. The summed E-state index contributed by atoms with van der Waals surface area (Å²) in [7, 11) is 0. The van der Waals surface area contributed by atoms with Gasteiger partial charge in [-0.05, 0) is 37.0 Å². The maximum atomic E-state index is 9.81. The Morgan fingerprint density at radius 2 is 2.00 bits per heavy atom. The van der Waals surface area contributed by atoms with Crippen LogP contribution >= 0.6 is 0 Å². The van der Waals surface area contributed by atoms with Crippen molar-refractivity contribution in [2.45, 2.75) is 58.0 Å². The fourth-order valence-electron chi connectivity index (χ4n) is 2.84. The van der Waals surface area contributed by atoms with Crippen LogP contribution in [0.5, 0.6) is 0 Å². The van der Waals surface area contributed by atoms with Crippen molar-refractivity contribution in [3.8, 4) is 0 Å². The molecule has 2 aliphatic rings. The molecule has 3 nitrogen and oxygen atoms in total. The summed E-state index contributed by atoms with van der Waals surface area (Å²) in [5.74, 6) is 0.784. The largest absolute Gasteiger partial charge is 0.389 e. The molecule has 0 aliphatic heterocycles. The maximum Gasteiger partial charge on any atom is 0.0897 e. The first kappa shape index (κ1) is 14.3. The Labute approximate surface area is 111 Å². The summed E-state index contributed by atoms with van der Waals surface area (Å²) in [6.07, 6.45) is 9.06. The lowest BCUT2D eigenvalue weighted by molar-refractivity contribution is 0.0308. The van der Waals surface area contributed by atoms with Gasteiger partial charge in [0.05, 0.1) is 12.7 Å². The van der Waals surface area contributed by atoms with Gasteiger partial charge in [0, 0.05) is 19.7 Å². The first-order valence-corrected chi connectivity index (χ1v) is 7.64. The molecule has 1 unspecified atom stereocenters. The molecular formula is C15H29NO2. The van der Waals surface area contributed by atoms with Gasteiger partial charge in [0.25, 0.3) is 0 Å². The van der Waals surface area contributed by atoms with Gasteiger partial charge in [0.15, 0.2) is 0 Å². The highest BCUT2D eigenvalue weighted by Gasteiger charge is 2.26. The molecule has 3 heteroatoms. The maximum absolute atomic E-state index is 9.81. The van der Waals surface area contributed by atoms with Crippen molar-refractivity contribution in [2.75, 3.05) is 26.3 Å². The number of hydrogen-bond acceptors (Lipinski definition) is 3. The average molecular weight is 255 g/mol. The minimum atomic E-state index is -0.351. The molecule has 106 valence electrons. The topological polar surface area (TPSA) is 41.5 Å². The van der Waals surface area contributed by atoms with Crippen molar-refractivity contribution in [3.63, 3.8) is 0 Å². The Hall–Kier alpha value is -0.120. The summed E-state index contributed by atoms with van der Waals surface area (Å²) in [4.78, 5) is 0. The van der Waals surface area contributed by atoms with Crippen molar-refractivity contribution in [2.24, 2.45) is 11.3 Å². The van der Waals surface area contributed by atoms with Gasteiger partial charge in [-0.2, -0.15) is 0 Å². The summed E-state index contributed by atoms with van der Waals surface area (Å²) >= 11 is 0. The zero-order valence-electron chi connectivity index (χ0n) is 11.8. The normalized spacial score (nSPS) is 25.0. The van der Waals surface area contributed by atoms with E-state index in [0.29, 0.717) is 18.6 Å². The zero-order chi connectivity index (χ0) is 12.8. The number of nitrogens with one attached hydrogen (secondary N) is 1. The molecule has 1 atom stereocenters. The van der Waals surface area contributed by atoms with E-state index in [4.69, 9.17) is 4.74 Å². The van der Waals surface area contributed by atoms with E-state index in [0.717, 1.165) is 19.1 Å². The number of aliphatic hydroxyl groups is 1. The lowest BCUT2D eigenvalue weighted by atomic mass is 9.76. The summed E-state index contributed by atoms with van der Waals surface area (Å²) in [5, 5.41) is 13.2. The Balaban J connectivity index is 1.50. The highest BCUT2D eigenvalue weighted by molar-refractivity contribution is 4.81. The van der Waals surface area contributed by atoms with Crippen LogP contribution in [0.1, 0.15) is 51.9 Å². The molecule has 0 saturated heterocycles. The van der Waals surface area contributed by atoms with Crippen LogP contribution in [0.15, 0.2) is 0 Å². The van der Waals surface area contributed by atoms with Crippen molar-refractivity contribution >= 4 is 0 Å². The molecule has 0 aromatic carbocycles. The average Bonchev–Trinajstić information content (AvgIpc) is 3.14. The fraction of sp³-hybridized carbons (Fsp3) is 1.00. The van der Waals surface area contributed by atoms with Gasteiger partial charge in [-0.15, -0.1) is 0 Å². The molecule has 2 fully saturated rings. The van der Waals surface area contributed by atoms with Gasteiger partial charge >= 0.3 is 0 Å².